The molecule has 142 valence electrons. The minimum Gasteiger partial charge on any atom is -0.497 e. The molecule has 26 heavy (non-hydrogen) atoms. The molecule has 1 aromatic carbocycles. The Kier molecular flexibility index (Phi) is 5.86. The van der Waals surface area contributed by atoms with E-state index in [4.69, 9.17) is 16.3 Å². The lowest BCUT2D eigenvalue weighted by Crippen LogP contribution is -2.37. The van der Waals surface area contributed by atoms with Crippen molar-refractivity contribution in [2.45, 2.75) is 23.9 Å². The van der Waals surface area contributed by atoms with Crippen molar-refractivity contribution in [3.05, 3.63) is 41.3 Å². The Balaban J connectivity index is 1.83. The zero-order valence-corrected chi connectivity index (χ0v) is 16.4. The van der Waals surface area contributed by atoms with Gasteiger partial charge in [0, 0.05) is 19.6 Å². The van der Waals surface area contributed by atoms with E-state index in [9.17, 15) is 8.42 Å². The lowest BCUT2D eigenvalue weighted by molar-refractivity contribution is 0.246. The molecule has 1 fully saturated rings. The number of aryl methyl sites for hydroxylation is 1. The molecule has 2 heterocycles. The molecule has 0 radical (unpaired) electrons. The first-order chi connectivity index (χ1) is 12.4. The number of methoxy groups -OCH3 is 1. The van der Waals surface area contributed by atoms with E-state index in [0.717, 1.165) is 37.2 Å². The fourth-order valence-electron chi connectivity index (χ4n) is 3.19. The van der Waals surface area contributed by atoms with Gasteiger partial charge in [-0.3, -0.25) is 4.90 Å². The lowest BCUT2D eigenvalue weighted by Gasteiger charge is -2.28. The molecule has 1 atom stereocenters. The fraction of sp³-hybridized carbons (Fsp3) is 0.471. The number of nitrogens with one attached hydrogen (secondary N) is 1. The van der Waals surface area contributed by atoms with E-state index < -0.39 is 10.0 Å². The Bertz CT molecular complexity index is 863. The number of ether oxygens (including phenoxy) is 1. The first kappa shape index (κ1) is 19.2. The Morgan fingerprint density at radius 3 is 2.69 bits per heavy atom. The quantitative estimate of drug-likeness (QED) is 0.773. The van der Waals surface area contributed by atoms with E-state index in [1.807, 2.05) is 24.3 Å². The summed E-state index contributed by atoms with van der Waals surface area (Å²) >= 11 is 6.05. The summed E-state index contributed by atoms with van der Waals surface area (Å²) in [5, 5.41) is -0.0518. The number of halogens is 1. The van der Waals surface area contributed by atoms with Crippen LogP contribution in [0, 0.1) is 0 Å². The summed E-state index contributed by atoms with van der Waals surface area (Å²) in [6.45, 7) is 2.12. The highest BCUT2D eigenvalue weighted by atomic mass is 35.5. The number of benzene rings is 1. The van der Waals surface area contributed by atoms with Gasteiger partial charge < -0.3 is 9.30 Å². The number of likely N-dealkylation sites (tertiary alicyclic amines) is 1. The van der Waals surface area contributed by atoms with Crippen LogP contribution >= 0.6 is 11.6 Å². The molecule has 0 saturated carbocycles. The van der Waals surface area contributed by atoms with Crippen molar-refractivity contribution < 1.29 is 13.2 Å². The number of sulfonamides is 1. The van der Waals surface area contributed by atoms with Gasteiger partial charge in [-0.05, 0) is 43.6 Å². The Hall–Kier alpha value is -1.61. The largest absolute Gasteiger partial charge is 0.497 e. The topological polar surface area (TPSA) is 76.5 Å². The lowest BCUT2D eigenvalue weighted by atomic mass is 10.1. The van der Waals surface area contributed by atoms with Gasteiger partial charge in [0.2, 0.25) is 5.03 Å². The van der Waals surface area contributed by atoms with Crippen LogP contribution in [-0.4, -0.2) is 49.6 Å². The van der Waals surface area contributed by atoms with E-state index in [-0.39, 0.29) is 22.8 Å². The molecular formula is C17H23ClN4O3S. The SMILES string of the molecule is COc1cccc(C(CNS(=O)(=O)c2ncn(C)c2Cl)N2CCCC2)c1. The second kappa shape index (κ2) is 7.96. The maximum Gasteiger partial charge on any atom is 0.261 e. The number of hydrogen-bond acceptors (Lipinski definition) is 5. The molecule has 1 aliphatic heterocycles. The fourth-order valence-corrected chi connectivity index (χ4v) is 4.65. The van der Waals surface area contributed by atoms with Crippen molar-refractivity contribution in [1.29, 1.82) is 0 Å². The molecule has 3 rings (SSSR count). The summed E-state index contributed by atoms with van der Waals surface area (Å²) in [6, 6.07) is 7.66. The molecule has 0 aliphatic carbocycles. The van der Waals surface area contributed by atoms with Crippen molar-refractivity contribution in [2.24, 2.45) is 7.05 Å². The van der Waals surface area contributed by atoms with Gasteiger partial charge in [0.1, 0.15) is 10.9 Å². The van der Waals surface area contributed by atoms with Crippen LogP contribution in [0.4, 0.5) is 0 Å². The molecule has 2 aromatic rings. The van der Waals surface area contributed by atoms with Crippen LogP contribution in [0.1, 0.15) is 24.4 Å². The first-order valence-electron chi connectivity index (χ1n) is 8.47. The van der Waals surface area contributed by atoms with E-state index >= 15 is 0 Å². The number of nitrogens with zero attached hydrogens (tertiary/aromatic N) is 3. The summed E-state index contributed by atoms with van der Waals surface area (Å²) in [7, 11) is -0.519. The van der Waals surface area contributed by atoms with E-state index in [2.05, 4.69) is 14.6 Å². The van der Waals surface area contributed by atoms with Crippen molar-refractivity contribution in [1.82, 2.24) is 19.2 Å². The maximum atomic E-state index is 12.6. The number of imidazole rings is 1. The van der Waals surface area contributed by atoms with Gasteiger partial charge in [-0.25, -0.2) is 18.1 Å². The molecule has 1 aliphatic rings. The standard InChI is InChI=1S/C17H23ClN4O3S/c1-21-12-19-17(16(21)18)26(23,24)20-11-15(22-8-3-4-9-22)13-6-5-7-14(10-13)25-2/h5-7,10,12,15,20H,3-4,8-9,11H2,1-2H3. The van der Waals surface area contributed by atoms with E-state index in [1.54, 1.807) is 14.2 Å². The average molecular weight is 399 g/mol. The van der Waals surface area contributed by atoms with Gasteiger partial charge in [0.25, 0.3) is 10.0 Å². The molecular weight excluding hydrogens is 376 g/mol. The maximum absolute atomic E-state index is 12.6. The van der Waals surface area contributed by atoms with Gasteiger partial charge in [-0.15, -0.1) is 0 Å². The highest BCUT2D eigenvalue weighted by molar-refractivity contribution is 7.89. The molecule has 7 nitrogen and oxygen atoms in total. The Morgan fingerprint density at radius 2 is 2.08 bits per heavy atom. The van der Waals surface area contributed by atoms with Crippen molar-refractivity contribution in [2.75, 3.05) is 26.7 Å². The predicted octanol–water partition coefficient (Wildman–Crippen LogP) is 2.20. The third kappa shape index (κ3) is 4.03. The second-order valence-electron chi connectivity index (χ2n) is 6.34. The van der Waals surface area contributed by atoms with Crippen molar-refractivity contribution in [3.63, 3.8) is 0 Å². The van der Waals surface area contributed by atoms with Crippen LogP contribution in [0.2, 0.25) is 5.15 Å². The summed E-state index contributed by atoms with van der Waals surface area (Å²) in [6.07, 6.45) is 3.61. The molecule has 1 unspecified atom stereocenters. The smallest absolute Gasteiger partial charge is 0.261 e. The van der Waals surface area contributed by atoms with Gasteiger partial charge in [0.15, 0.2) is 0 Å². The molecule has 9 heteroatoms. The zero-order chi connectivity index (χ0) is 18.7. The van der Waals surface area contributed by atoms with Gasteiger partial charge in [-0.1, -0.05) is 23.7 Å². The summed E-state index contributed by atoms with van der Waals surface area (Å²) in [5.74, 6) is 0.752. The molecule has 1 saturated heterocycles. The van der Waals surface area contributed by atoms with E-state index in [0.29, 0.717) is 0 Å². The van der Waals surface area contributed by atoms with Crippen LogP contribution in [0.3, 0.4) is 0 Å². The highest BCUT2D eigenvalue weighted by Gasteiger charge is 2.28. The van der Waals surface area contributed by atoms with E-state index in [1.165, 1.54) is 10.9 Å². The molecule has 0 spiro atoms. The zero-order valence-electron chi connectivity index (χ0n) is 14.9. The molecule has 0 bridgehead atoms. The monoisotopic (exact) mass is 398 g/mol. The van der Waals surface area contributed by atoms with Crippen LogP contribution in [0.5, 0.6) is 5.75 Å². The van der Waals surface area contributed by atoms with Crippen LogP contribution in [0.25, 0.3) is 0 Å². The first-order valence-corrected chi connectivity index (χ1v) is 10.3. The Morgan fingerprint density at radius 1 is 1.35 bits per heavy atom. The number of hydrogen-bond donors (Lipinski definition) is 1. The Labute approximate surface area is 159 Å². The average Bonchev–Trinajstić information content (AvgIpc) is 3.26. The third-order valence-corrected chi connectivity index (χ3v) is 6.53. The molecule has 0 amide bonds. The molecule has 1 N–H and O–H groups in total. The highest BCUT2D eigenvalue weighted by Crippen LogP contribution is 2.28. The number of rotatable bonds is 7. The minimum atomic E-state index is -3.79. The summed E-state index contributed by atoms with van der Waals surface area (Å²) < 4.78 is 34.7. The number of aromatic nitrogens is 2. The normalized spacial score (nSPS) is 16.7. The van der Waals surface area contributed by atoms with Crippen LogP contribution < -0.4 is 9.46 Å². The third-order valence-electron chi connectivity index (χ3n) is 4.62. The van der Waals surface area contributed by atoms with Gasteiger partial charge in [-0.2, -0.15) is 0 Å². The van der Waals surface area contributed by atoms with Crippen LogP contribution in [0.15, 0.2) is 35.6 Å². The van der Waals surface area contributed by atoms with Crippen molar-refractivity contribution >= 4 is 21.6 Å². The second-order valence-corrected chi connectivity index (χ2v) is 8.38. The molecule has 1 aromatic heterocycles. The summed E-state index contributed by atoms with van der Waals surface area (Å²) in [5.41, 5.74) is 1.01. The van der Waals surface area contributed by atoms with Crippen LogP contribution in [-0.2, 0) is 17.1 Å². The summed E-state index contributed by atoms with van der Waals surface area (Å²) in [4.78, 5) is 6.20. The van der Waals surface area contributed by atoms with Gasteiger partial charge in [0.05, 0.1) is 13.4 Å². The minimum absolute atomic E-state index is 0.0788. The van der Waals surface area contributed by atoms with Gasteiger partial charge >= 0.3 is 0 Å². The van der Waals surface area contributed by atoms with Crippen molar-refractivity contribution in [3.8, 4) is 5.75 Å². The predicted molar refractivity (Wildman–Crippen MR) is 99.9 cm³/mol.